The summed E-state index contributed by atoms with van der Waals surface area (Å²) in [6.07, 6.45) is 8.81. The summed E-state index contributed by atoms with van der Waals surface area (Å²) in [4.78, 5) is 6.85. The highest BCUT2D eigenvalue weighted by Gasteiger charge is 2.23. The third-order valence-corrected chi connectivity index (χ3v) is 4.90. The summed E-state index contributed by atoms with van der Waals surface area (Å²) in [7, 11) is 1.84. The number of hydrogen-bond acceptors (Lipinski definition) is 3. The molecular weight excluding hydrogens is 415 g/mol. The molecule has 140 valence electrons. The van der Waals surface area contributed by atoms with Crippen LogP contribution < -0.4 is 10.6 Å². The zero-order valence-corrected chi connectivity index (χ0v) is 17.8. The molecule has 0 radical (unpaired) electrons. The fourth-order valence-electron chi connectivity index (χ4n) is 3.45. The minimum absolute atomic E-state index is 0. The molecule has 2 rings (SSSR count). The summed E-state index contributed by atoms with van der Waals surface area (Å²) in [5, 5.41) is 6.90. The Kier molecular flexibility index (Phi) is 10.9. The number of nitrogens with one attached hydrogen (secondary N) is 2. The quantitative estimate of drug-likeness (QED) is 0.283. The summed E-state index contributed by atoms with van der Waals surface area (Å²) in [6, 6.07) is 0.974. The van der Waals surface area contributed by atoms with Gasteiger partial charge in [0, 0.05) is 38.8 Å². The standard InChI is InChI=1S/C18H34N4O.HI/c1-15(22-11-12-23-14-16(22)2)13-21-18(19-3)20-10-9-17-7-5-4-6-8-17;/h7,15-16H,4-6,8-14H2,1-3H3,(H2,19,20,21);1H. The van der Waals surface area contributed by atoms with Crippen molar-refractivity contribution in [3.63, 3.8) is 0 Å². The largest absolute Gasteiger partial charge is 0.379 e. The number of nitrogens with zero attached hydrogens (tertiary/aromatic N) is 2. The number of halogens is 1. The Labute approximate surface area is 164 Å². The highest BCUT2D eigenvalue weighted by Crippen LogP contribution is 2.19. The van der Waals surface area contributed by atoms with Gasteiger partial charge >= 0.3 is 0 Å². The third kappa shape index (κ3) is 7.27. The summed E-state index contributed by atoms with van der Waals surface area (Å²) >= 11 is 0. The second kappa shape index (κ2) is 12.1. The number of ether oxygens (including phenoxy) is 1. The zero-order chi connectivity index (χ0) is 16.5. The lowest BCUT2D eigenvalue weighted by atomic mass is 9.97. The molecular formula is C18H35IN4O. The van der Waals surface area contributed by atoms with Gasteiger partial charge in [0.2, 0.25) is 0 Å². The predicted octanol–water partition coefficient (Wildman–Crippen LogP) is 2.77. The van der Waals surface area contributed by atoms with Crippen molar-refractivity contribution in [3.05, 3.63) is 11.6 Å². The molecule has 1 aliphatic carbocycles. The molecule has 2 aliphatic rings. The SMILES string of the molecule is CN=C(NCCC1=CCCCC1)NCC(C)N1CCOCC1C.I. The normalized spacial score (nSPS) is 23.9. The third-order valence-electron chi connectivity index (χ3n) is 4.90. The van der Waals surface area contributed by atoms with Gasteiger partial charge in [0.05, 0.1) is 13.2 Å². The van der Waals surface area contributed by atoms with Gasteiger partial charge in [0.1, 0.15) is 0 Å². The summed E-state index contributed by atoms with van der Waals surface area (Å²) < 4.78 is 5.52. The number of allylic oxidation sites excluding steroid dienone is 1. The number of guanidine groups is 1. The van der Waals surface area contributed by atoms with Crippen LogP contribution >= 0.6 is 24.0 Å². The fraction of sp³-hybridized carbons (Fsp3) is 0.833. The summed E-state index contributed by atoms with van der Waals surface area (Å²) in [5.74, 6) is 0.911. The Bertz CT molecular complexity index is 414. The van der Waals surface area contributed by atoms with Crippen LogP contribution in [0.25, 0.3) is 0 Å². The van der Waals surface area contributed by atoms with Crippen LogP contribution in [0.15, 0.2) is 16.6 Å². The van der Waals surface area contributed by atoms with Crippen molar-refractivity contribution in [2.24, 2.45) is 4.99 Å². The summed E-state index contributed by atoms with van der Waals surface area (Å²) in [6.45, 7) is 9.09. The van der Waals surface area contributed by atoms with Crippen molar-refractivity contribution >= 4 is 29.9 Å². The van der Waals surface area contributed by atoms with E-state index in [0.29, 0.717) is 12.1 Å². The Morgan fingerprint density at radius 2 is 2.25 bits per heavy atom. The molecule has 5 nitrogen and oxygen atoms in total. The number of hydrogen-bond donors (Lipinski definition) is 2. The predicted molar refractivity (Wildman–Crippen MR) is 112 cm³/mol. The minimum Gasteiger partial charge on any atom is -0.379 e. The first-order valence-electron chi connectivity index (χ1n) is 9.16. The van der Waals surface area contributed by atoms with Crippen molar-refractivity contribution in [3.8, 4) is 0 Å². The second-order valence-corrected chi connectivity index (χ2v) is 6.75. The Balaban J connectivity index is 0.00000288. The van der Waals surface area contributed by atoms with E-state index in [2.05, 4.69) is 40.4 Å². The molecule has 2 unspecified atom stereocenters. The first-order chi connectivity index (χ1) is 11.2. The first kappa shape index (κ1) is 21.7. The van der Waals surface area contributed by atoms with E-state index in [-0.39, 0.29) is 24.0 Å². The van der Waals surface area contributed by atoms with E-state index in [9.17, 15) is 0 Å². The lowest BCUT2D eigenvalue weighted by Crippen LogP contribution is -2.53. The van der Waals surface area contributed by atoms with E-state index in [1.54, 1.807) is 5.57 Å². The Morgan fingerprint density at radius 1 is 1.42 bits per heavy atom. The maximum atomic E-state index is 5.52. The molecule has 0 saturated carbocycles. The van der Waals surface area contributed by atoms with Gasteiger partial charge < -0.3 is 15.4 Å². The lowest BCUT2D eigenvalue weighted by molar-refractivity contribution is -0.0174. The molecule has 0 amide bonds. The van der Waals surface area contributed by atoms with E-state index in [4.69, 9.17) is 4.74 Å². The molecule has 1 heterocycles. The van der Waals surface area contributed by atoms with Crippen LogP contribution in [0.5, 0.6) is 0 Å². The topological polar surface area (TPSA) is 48.9 Å². The van der Waals surface area contributed by atoms with Crippen LogP contribution in [-0.2, 0) is 4.74 Å². The molecule has 0 aromatic carbocycles. The van der Waals surface area contributed by atoms with Crippen molar-refractivity contribution in [2.75, 3.05) is 39.9 Å². The van der Waals surface area contributed by atoms with Crippen LogP contribution in [0.3, 0.4) is 0 Å². The van der Waals surface area contributed by atoms with Gasteiger partial charge in [-0.2, -0.15) is 0 Å². The van der Waals surface area contributed by atoms with E-state index >= 15 is 0 Å². The monoisotopic (exact) mass is 450 g/mol. The number of rotatable bonds is 6. The van der Waals surface area contributed by atoms with E-state index < -0.39 is 0 Å². The highest BCUT2D eigenvalue weighted by atomic mass is 127. The van der Waals surface area contributed by atoms with Crippen molar-refractivity contribution in [2.45, 2.75) is 58.0 Å². The van der Waals surface area contributed by atoms with Crippen LogP contribution in [-0.4, -0.2) is 62.8 Å². The summed E-state index contributed by atoms with van der Waals surface area (Å²) in [5.41, 5.74) is 1.61. The van der Waals surface area contributed by atoms with Gasteiger partial charge in [-0.15, -0.1) is 24.0 Å². The average molecular weight is 450 g/mol. The molecule has 2 N–H and O–H groups in total. The van der Waals surface area contributed by atoms with Crippen molar-refractivity contribution < 1.29 is 4.74 Å². The molecule has 1 aliphatic heterocycles. The maximum Gasteiger partial charge on any atom is 0.191 e. The Morgan fingerprint density at radius 3 is 2.92 bits per heavy atom. The van der Waals surface area contributed by atoms with Gasteiger partial charge in [-0.1, -0.05) is 11.6 Å². The van der Waals surface area contributed by atoms with Gasteiger partial charge in [-0.25, -0.2) is 0 Å². The number of aliphatic imine (C=N–C) groups is 1. The minimum atomic E-state index is 0. The molecule has 1 saturated heterocycles. The molecule has 0 bridgehead atoms. The average Bonchev–Trinajstić information content (AvgIpc) is 2.59. The fourth-order valence-corrected chi connectivity index (χ4v) is 3.45. The van der Waals surface area contributed by atoms with Gasteiger partial charge in [0.25, 0.3) is 0 Å². The van der Waals surface area contributed by atoms with Crippen molar-refractivity contribution in [1.82, 2.24) is 15.5 Å². The molecule has 2 atom stereocenters. The maximum absolute atomic E-state index is 5.52. The van der Waals surface area contributed by atoms with Gasteiger partial charge in [-0.3, -0.25) is 9.89 Å². The zero-order valence-electron chi connectivity index (χ0n) is 15.5. The van der Waals surface area contributed by atoms with Crippen LogP contribution in [0, 0.1) is 0 Å². The molecule has 6 heteroatoms. The Hall–Kier alpha value is -0.340. The second-order valence-electron chi connectivity index (χ2n) is 6.75. The van der Waals surface area contributed by atoms with E-state index in [1.807, 2.05) is 7.05 Å². The smallest absolute Gasteiger partial charge is 0.191 e. The molecule has 1 fully saturated rings. The molecule has 0 spiro atoms. The molecule has 0 aromatic heterocycles. The highest BCUT2D eigenvalue weighted by molar-refractivity contribution is 14.0. The van der Waals surface area contributed by atoms with Crippen molar-refractivity contribution in [1.29, 1.82) is 0 Å². The van der Waals surface area contributed by atoms with E-state index in [0.717, 1.165) is 45.2 Å². The van der Waals surface area contributed by atoms with Crippen LogP contribution in [0.4, 0.5) is 0 Å². The molecule has 24 heavy (non-hydrogen) atoms. The van der Waals surface area contributed by atoms with Gasteiger partial charge in [0.15, 0.2) is 5.96 Å². The van der Waals surface area contributed by atoms with Crippen LogP contribution in [0.2, 0.25) is 0 Å². The molecule has 0 aromatic rings. The lowest BCUT2D eigenvalue weighted by Gasteiger charge is -2.38. The first-order valence-corrected chi connectivity index (χ1v) is 9.16. The van der Waals surface area contributed by atoms with E-state index in [1.165, 1.54) is 25.7 Å². The number of morpholine rings is 1. The van der Waals surface area contributed by atoms with Gasteiger partial charge in [-0.05, 0) is 46.0 Å². The van der Waals surface area contributed by atoms with Crippen LogP contribution in [0.1, 0.15) is 46.0 Å².